The molecule has 0 amide bonds. The Kier molecular flexibility index (Phi) is 4.10. The van der Waals surface area contributed by atoms with Crippen molar-refractivity contribution in [2.24, 2.45) is 0 Å². The average Bonchev–Trinajstić information content (AvgIpc) is 2.76. The Bertz CT molecular complexity index is 572. The van der Waals surface area contributed by atoms with Gasteiger partial charge in [0.15, 0.2) is 0 Å². The summed E-state index contributed by atoms with van der Waals surface area (Å²) in [6.45, 7) is 1.93. The number of nitrogens with one attached hydrogen (secondary N) is 1. The van der Waals surface area contributed by atoms with Crippen LogP contribution in [0, 0.1) is 10.1 Å². The SMILES string of the molecule is COC(=O)c1ccc([N+](=O)[O-])c(N[C@@H]2COC[C@]2(C)O)c1. The van der Waals surface area contributed by atoms with Crippen molar-refractivity contribution in [1.82, 2.24) is 0 Å². The van der Waals surface area contributed by atoms with Gasteiger partial charge in [0.1, 0.15) is 11.3 Å². The number of rotatable bonds is 4. The molecule has 0 spiro atoms. The van der Waals surface area contributed by atoms with Crippen molar-refractivity contribution in [2.75, 3.05) is 25.6 Å². The number of hydrogen-bond acceptors (Lipinski definition) is 7. The zero-order valence-corrected chi connectivity index (χ0v) is 11.7. The van der Waals surface area contributed by atoms with Crippen molar-refractivity contribution in [3.63, 3.8) is 0 Å². The van der Waals surface area contributed by atoms with E-state index in [0.717, 1.165) is 0 Å². The quantitative estimate of drug-likeness (QED) is 0.483. The Hall–Kier alpha value is -2.19. The summed E-state index contributed by atoms with van der Waals surface area (Å²) in [4.78, 5) is 22.0. The number of nitro benzene ring substituents is 1. The second-order valence-corrected chi connectivity index (χ2v) is 5.05. The lowest BCUT2D eigenvalue weighted by Crippen LogP contribution is -2.43. The molecule has 8 nitrogen and oxygen atoms in total. The van der Waals surface area contributed by atoms with Crippen molar-refractivity contribution >= 4 is 17.3 Å². The molecule has 0 aliphatic carbocycles. The number of carbonyl (C=O) groups excluding carboxylic acids is 1. The van der Waals surface area contributed by atoms with E-state index in [9.17, 15) is 20.0 Å². The van der Waals surface area contributed by atoms with Crippen molar-refractivity contribution < 1.29 is 24.3 Å². The fraction of sp³-hybridized carbons (Fsp3) is 0.462. The van der Waals surface area contributed by atoms with Gasteiger partial charge < -0.3 is 19.9 Å². The van der Waals surface area contributed by atoms with Crippen LogP contribution in [0.4, 0.5) is 11.4 Å². The standard InChI is InChI=1S/C13H16N2O6/c1-13(17)7-21-6-11(13)14-9-5-8(12(16)20-2)3-4-10(9)15(18)19/h3-5,11,14,17H,6-7H2,1-2H3/t11-,13+/m1/s1. The molecule has 1 aliphatic heterocycles. The van der Waals surface area contributed by atoms with E-state index in [1.54, 1.807) is 6.92 Å². The van der Waals surface area contributed by atoms with Crippen molar-refractivity contribution in [3.8, 4) is 0 Å². The van der Waals surface area contributed by atoms with Gasteiger partial charge in [-0.2, -0.15) is 0 Å². The third-order valence-corrected chi connectivity index (χ3v) is 3.37. The number of nitrogens with zero attached hydrogens (tertiary/aromatic N) is 1. The first kappa shape index (κ1) is 15.2. The molecule has 0 aromatic heterocycles. The van der Waals surface area contributed by atoms with Crippen molar-refractivity contribution in [1.29, 1.82) is 0 Å². The Balaban J connectivity index is 2.35. The number of ether oxygens (including phenoxy) is 2. The van der Waals surface area contributed by atoms with Gasteiger partial charge in [0.05, 0.1) is 36.9 Å². The monoisotopic (exact) mass is 296 g/mol. The summed E-state index contributed by atoms with van der Waals surface area (Å²) in [6.07, 6.45) is 0. The molecule has 21 heavy (non-hydrogen) atoms. The number of benzene rings is 1. The first-order valence-electron chi connectivity index (χ1n) is 6.28. The van der Waals surface area contributed by atoms with Gasteiger partial charge in [-0.25, -0.2) is 4.79 Å². The van der Waals surface area contributed by atoms with Gasteiger partial charge in [-0.05, 0) is 19.1 Å². The molecule has 0 bridgehead atoms. The summed E-state index contributed by atoms with van der Waals surface area (Å²) >= 11 is 0. The minimum Gasteiger partial charge on any atom is -0.465 e. The van der Waals surface area contributed by atoms with Crippen LogP contribution in [-0.2, 0) is 9.47 Å². The summed E-state index contributed by atoms with van der Waals surface area (Å²) in [5, 5.41) is 24.1. The Morgan fingerprint density at radius 1 is 1.62 bits per heavy atom. The fourth-order valence-electron chi connectivity index (χ4n) is 2.10. The molecule has 0 radical (unpaired) electrons. The maximum absolute atomic E-state index is 11.5. The smallest absolute Gasteiger partial charge is 0.337 e. The van der Waals surface area contributed by atoms with Crippen LogP contribution in [-0.4, -0.2) is 48.0 Å². The summed E-state index contributed by atoms with van der Waals surface area (Å²) in [6, 6.07) is 3.36. The van der Waals surface area contributed by atoms with Gasteiger partial charge in [0.25, 0.3) is 5.69 Å². The number of methoxy groups -OCH3 is 1. The van der Waals surface area contributed by atoms with E-state index in [0.29, 0.717) is 0 Å². The lowest BCUT2D eigenvalue weighted by molar-refractivity contribution is -0.384. The van der Waals surface area contributed by atoms with Crippen LogP contribution in [0.15, 0.2) is 18.2 Å². The second-order valence-electron chi connectivity index (χ2n) is 5.05. The molecule has 0 unspecified atom stereocenters. The fourth-order valence-corrected chi connectivity index (χ4v) is 2.10. The molecule has 2 atom stereocenters. The zero-order chi connectivity index (χ0) is 15.6. The molecule has 2 N–H and O–H groups in total. The normalized spacial score (nSPS) is 24.6. The van der Waals surface area contributed by atoms with Crippen LogP contribution in [0.3, 0.4) is 0 Å². The van der Waals surface area contributed by atoms with Gasteiger partial charge in [-0.1, -0.05) is 0 Å². The molecule has 1 saturated heterocycles. The highest BCUT2D eigenvalue weighted by molar-refractivity contribution is 5.91. The lowest BCUT2D eigenvalue weighted by Gasteiger charge is -2.25. The number of carbonyl (C=O) groups is 1. The van der Waals surface area contributed by atoms with Crippen molar-refractivity contribution in [3.05, 3.63) is 33.9 Å². The van der Waals surface area contributed by atoms with Crippen LogP contribution >= 0.6 is 0 Å². The summed E-state index contributed by atoms with van der Waals surface area (Å²) in [7, 11) is 1.23. The molecule has 1 fully saturated rings. The predicted molar refractivity (Wildman–Crippen MR) is 73.3 cm³/mol. The van der Waals surface area contributed by atoms with Crippen LogP contribution in [0.2, 0.25) is 0 Å². The van der Waals surface area contributed by atoms with E-state index in [-0.39, 0.29) is 30.2 Å². The third-order valence-electron chi connectivity index (χ3n) is 3.37. The van der Waals surface area contributed by atoms with Crippen LogP contribution in [0.1, 0.15) is 17.3 Å². The van der Waals surface area contributed by atoms with Gasteiger partial charge in [-0.15, -0.1) is 0 Å². The maximum atomic E-state index is 11.5. The minimum atomic E-state index is -1.14. The third kappa shape index (κ3) is 3.11. The van der Waals surface area contributed by atoms with Crippen LogP contribution < -0.4 is 5.32 Å². The van der Waals surface area contributed by atoms with Gasteiger partial charge in [0.2, 0.25) is 0 Å². The van der Waals surface area contributed by atoms with Crippen LogP contribution in [0.25, 0.3) is 0 Å². The molecule has 0 saturated carbocycles. The molecule has 1 aromatic rings. The topological polar surface area (TPSA) is 111 Å². The highest BCUT2D eigenvalue weighted by Crippen LogP contribution is 2.30. The number of nitro groups is 1. The molecule has 1 aromatic carbocycles. The lowest BCUT2D eigenvalue weighted by atomic mass is 10.00. The molecule has 114 valence electrons. The van der Waals surface area contributed by atoms with E-state index in [1.807, 2.05) is 0 Å². The molecule has 2 rings (SSSR count). The first-order valence-corrected chi connectivity index (χ1v) is 6.28. The highest BCUT2D eigenvalue weighted by atomic mass is 16.6. The van der Waals surface area contributed by atoms with Gasteiger partial charge in [0, 0.05) is 6.07 Å². The van der Waals surface area contributed by atoms with E-state index in [4.69, 9.17) is 4.74 Å². The van der Waals surface area contributed by atoms with Gasteiger partial charge in [-0.3, -0.25) is 10.1 Å². The Morgan fingerprint density at radius 2 is 2.33 bits per heavy atom. The average molecular weight is 296 g/mol. The van der Waals surface area contributed by atoms with E-state index >= 15 is 0 Å². The number of hydrogen-bond donors (Lipinski definition) is 2. The maximum Gasteiger partial charge on any atom is 0.337 e. The summed E-state index contributed by atoms with van der Waals surface area (Å²) in [5.41, 5.74) is -1.01. The largest absolute Gasteiger partial charge is 0.465 e. The van der Waals surface area contributed by atoms with E-state index < -0.39 is 22.5 Å². The Labute approximate surface area is 120 Å². The molecule has 8 heteroatoms. The summed E-state index contributed by atoms with van der Waals surface area (Å²) in [5.74, 6) is -0.595. The number of esters is 1. The van der Waals surface area contributed by atoms with Gasteiger partial charge >= 0.3 is 5.97 Å². The van der Waals surface area contributed by atoms with E-state index in [2.05, 4.69) is 10.1 Å². The molecule has 1 aliphatic rings. The molecular weight excluding hydrogens is 280 g/mol. The second kappa shape index (κ2) is 5.66. The number of anilines is 1. The molecular formula is C13H16N2O6. The van der Waals surface area contributed by atoms with Crippen LogP contribution in [0.5, 0.6) is 0 Å². The van der Waals surface area contributed by atoms with Crippen molar-refractivity contribution in [2.45, 2.75) is 18.6 Å². The first-order chi connectivity index (χ1) is 9.85. The molecule has 1 heterocycles. The predicted octanol–water partition coefficient (Wildman–Crippen LogP) is 0.943. The Morgan fingerprint density at radius 3 is 2.86 bits per heavy atom. The highest BCUT2D eigenvalue weighted by Gasteiger charge is 2.39. The van der Waals surface area contributed by atoms with E-state index in [1.165, 1.54) is 25.3 Å². The zero-order valence-electron chi connectivity index (χ0n) is 11.7. The number of aliphatic hydroxyl groups is 1. The minimum absolute atomic E-state index is 0.134. The summed E-state index contributed by atoms with van der Waals surface area (Å²) < 4.78 is 9.76.